The first kappa shape index (κ1) is 24.0. The standard InChI is InChI=1S/C13H14F4N2O3.C6H2F2O/c1-8(3-2-6-14)12(20)18-9-4-5-11(19(21)22)10(7-9)13(15,16)17;7-3-1-2-4(3)5(8)6(2)9/h4-5,7-8H,2-3,6H2,1H3,(H,18,20);1,9H. The number of carbonyl (C=O) groups excluding carboxylic acids is 1. The van der Waals surface area contributed by atoms with Crippen molar-refractivity contribution < 1.29 is 41.2 Å². The Balaban J connectivity index is 0.000000309. The monoisotopic (exact) mass is 450 g/mol. The van der Waals surface area contributed by atoms with Gasteiger partial charge < -0.3 is 10.4 Å². The van der Waals surface area contributed by atoms with Crippen LogP contribution in [0.15, 0.2) is 24.3 Å². The fourth-order valence-electron chi connectivity index (χ4n) is 2.69. The lowest BCUT2D eigenvalue weighted by atomic mass is 9.90. The van der Waals surface area contributed by atoms with Gasteiger partial charge in [-0.2, -0.15) is 13.2 Å². The number of hydrogen-bond acceptors (Lipinski definition) is 4. The molecule has 6 nitrogen and oxygen atoms in total. The first-order valence-corrected chi connectivity index (χ1v) is 8.82. The highest BCUT2D eigenvalue weighted by Gasteiger charge is 2.38. The third kappa shape index (κ3) is 5.25. The lowest BCUT2D eigenvalue weighted by Crippen LogP contribution is -2.21. The number of nitro groups is 1. The lowest BCUT2D eigenvalue weighted by Gasteiger charge is -2.19. The van der Waals surface area contributed by atoms with Crippen molar-refractivity contribution in [2.45, 2.75) is 25.9 Å². The summed E-state index contributed by atoms with van der Waals surface area (Å²) in [5, 5.41) is 21.4. The summed E-state index contributed by atoms with van der Waals surface area (Å²) in [5.41, 5.74) is -2.46. The van der Waals surface area contributed by atoms with Crippen molar-refractivity contribution in [1.29, 1.82) is 0 Å². The van der Waals surface area contributed by atoms with Crippen molar-refractivity contribution in [2.24, 2.45) is 5.92 Å². The first-order valence-electron chi connectivity index (χ1n) is 8.82. The average molecular weight is 450 g/mol. The minimum absolute atomic E-state index is 0.0486. The van der Waals surface area contributed by atoms with Gasteiger partial charge in [-0.1, -0.05) is 6.92 Å². The van der Waals surface area contributed by atoms with Crippen LogP contribution in [0.2, 0.25) is 0 Å². The third-order valence-corrected chi connectivity index (χ3v) is 4.45. The Kier molecular flexibility index (Phi) is 7.13. The van der Waals surface area contributed by atoms with E-state index in [2.05, 4.69) is 5.32 Å². The van der Waals surface area contributed by atoms with Gasteiger partial charge in [0.2, 0.25) is 5.91 Å². The second kappa shape index (κ2) is 9.23. The van der Waals surface area contributed by atoms with Crippen LogP contribution in [0.1, 0.15) is 25.3 Å². The van der Waals surface area contributed by atoms with Crippen LogP contribution >= 0.6 is 0 Å². The average Bonchev–Trinajstić information content (AvgIpc) is 2.69. The van der Waals surface area contributed by atoms with Gasteiger partial charge in [0.15, 0.2) is 11.6 Å². The predicted molar refractivity (Wildman–Crippen MR) is 98.1 cm³/mol. The number of halogens is 6. The molecule has 12 heteroatoms. The Labute approximate surface area is 171 Å². The Morgan fingerprint density at radius 1 is 1.26 bits per heavy atom. The number of benzene rings is 2. The number of amides is 1. The molecule has 1 amide bonds. The van der Waals surface area contributed by atoms with E-state index in [9.17, 15) is 41.3 Å². The number of anilines is 1. The third-order valence-electron chi connectivity index (χ3n) is 4.45. The molecule has 0 saturated heterocycles. The lowest BCUT2D eigenvalue weighted by molar-refractivity contribution is -0.388. The molecule has 1 unspecified atom stereocenters. The molecule has 0 bridgehead atoms. The molecule has 2 N–H and O–H groups in total. The fraction of sp³-hybridized carbons (Fsp3) is 0.316. The molecule has 1 atom stereocenters. The van der Waals surface area contributed by atoms with Crippen molar-refractivity contribution in [3.63, 3.8) is 0 Å². The smallest absolute Gasteiger partial charge is 0.423 e. The molecular formula is C19H16F6N2O4. The van der Waals surface area contributed by atoms with Crippen LogP contribution < -0.4 is 5.32 Å². The molecule has 3 rings (SSSR count). The van der Waals surface area contributed by atoms with E-state index in [-0.39, 0.29) is 24.1 Å². The first-order chi connectivity index (χ1) is 14.4. The molecule has 168 valence electrons. The van der Waals surface area contributed by atoms with Crippen LogP contribution in [0, 0.1) is 27.7 Å². The summed E-state index contributed by atoms with van der Waals surface area (Å²) >= 11 is 0. The summed E-state index contributed by atoms with van der Waals surface area (Å²) in [6, 6.07) is 3.32. The summed E-state index contributed by atoms with van der Waals surface area (Å²) in [6.45, 7) is 0.925. The molecule has 2 aliphatic rings. The molecule has 0 heterocycles. The molecule has 1 aromatic carbocycles. The Morgan fingerprint density at radius 2 is 1.90 bits per heavy atom. The van der Waals surface area contributed by atoms with E-state index in [1.165, 1.54) is 6.92 Å². The summed E-state index contributed by atoms with van der Waals surface area (Å²) in [4.78, 5) is 21.2. The van der Waals surface area contributed by atoms with Crippen LogP contribution in [-0.2, 0) is 11.0 Å². The van der Waals surface area contributed by atoms with Crippen LogP contribution in [-0.4, -0.2) is 22.6 Å². The number of alkyl halides is 4. The molecule has 0 fully saturated rings. The highest BCUT2D eigenvalue weighted by Crippen LogP contribution is 2.48. The number of rotatable bonds is 6. The molecule has 1 aromatic rings. The number of aromatic hydroxyl groups is 1. The maximum absolute atomic E-state index is 12.8. The molecule has 2 aliphatic carbocycles. The van der Waals surface area contributed by atoms with Crippen LogP contribution in [0.4, 0.5) is 37.7 Å². The number of nitrogens with one attached hydrogen (secondary N) is 1. The highest BCUT2D eigenvalue weighted by atomic mass is 19.4. The van der Waals surface area contributed by atoms with Crippen molar-refractivity contribution in [3.8, 4) is 16.9 Å². The van der Waals surface area contributed by atoms with Gasteiger partial charge in [0.25, 0.3) is 5.69 Å². The topological polar surface area (TPSA) is 92.5 Å². The maximum Gasteiger partial charge on any atom is 0.423 e. The van der Waals surface area contributed by atoms with Gasteiger partial charge in [0, 0.05) is 23.2 Å². The number of phenolic OH excluding ortho intramolecular Hbond substituents is 1. The highest BCUT2D eigenvalue weighted by molar-refractivity contribution is 5.92. The van der Waals surface area contributed by atoms with Crippen molar-refractivity contribution in [1.82, 2.24) is 0 Å². The summed E-state index contributed by atoms with van der Waals surface area (Å²) in [6.07, 6.45) is -4.49. The number of hydrogen-bond donors (Lipinski definition) is 2. The zero-order valence-electron chi connectivity index (χ0n) is 15.9. The second-order valence-electron chi connectivity index (χ2n) is 6.65. The van der Waals surface area contributed by atoms with E-state index in [4.69, 9.17) is 5.11 Å². The van der Waals surface area contributed by atoms with Crippen LogP contribution in [0.25, 0.3) is 11.1 Å². The minimum atomic E-state index is -4.91. The second-order valence-corrected chi connectivity index (χ2v) is 6.65. The zero-order valence-corrected chi connectivity index (χ0v) is 15.9. The Bertz CT molecular complexity index is 1010. The van der Waals surface area contributed by atoms with Crippen molar-refractivity contribution in [2.75, 3.05) is 12.0 Å². The molecule has 0 aromatic heterocycles. The molecular weight excluding hydrogens is 434 g/mol. The van der Waals surface area contributed by atoms with Gasteiger partial charge in [-0.05, 0) is 31.0 Å². The SMILES string of the molecule is CC(CCCF)C(=O)Nc1ccc([N+](=O)[O-])c(C(F)(F)F)c1.Oc1c2cc(F)c-2c1F. The Morgan fingerprint density at radius 3 is 2.35 bits per heavy atom. The molecule has 31 heavy (non-hydrogen) atoms. The fourth-order valence-corrected chi connectivity index (χ4v) is 2.69. The van der Waals surface area contributed by atoms with Gasteiger partial charge >= 0.3 is 6.18 Å². The van der Waals surface area contributed by atoms with Crippen LogP contribution in [0.3, 0.4) is 0 Å². The molecule has 0 aliphatic heterocycles. The van der Waals surface area contributed by atoms with E-state index >= 15 is 0 Å². The number of fused-ring (bicyclic) bond motifs is 1. The minimum Gasteiger partial charge on any atom is -0.504 e. The largest absolute Gasteiger partial charge is 0.504 e. The summed E-state index contributed by atoms with van der Waals surface area (Å²) in [7, 11) is 0. The van der Waals surface area contributed by atoms with Crippen LogP contribution in [0.5, 0.6) is 5.75 Å². The predicted octanol–water partition coefficient (Wildman–Crippen LogP) is 5.59. The van der Waals surface area contributed by atoms with E-state index < -0.39 is 58.2 Å². The normalized spacial score (nSPS) is 12.5. The van der Waals surface area contributed by atoms with E-state index in [1.807, 2.05) is 0 Å². The Hall–Kier alpha value is -3.31. The number of phenols is 1. The number of carbonyl (C=O) groups is 1. The maximum atomic E-state index is 12.8. The summed E-state index contributed by atoms with van der Waals surface area (Å²) < 4.78 is 74.6. The van der Waals surface area contributed by atoms with Gasteiger partial charge in [0.1, 0.15) is 11.4 Å². The molecule has 0 saturated carbocycles. The van der Waals surface area contributed by atoms with Crippen molar-refractivity contribution >= 4 is 17.3 Å². The number of nitrogens with zero attached hydrogens (tertiary/aromatic N) is 1. The van der Waals surface area contributed by atoms with E-state index in [0.717, 1.165) is 12.1 Å². The molecule has 0 radical (unpaired) electrons. The number of nitro benzene ring substituents is 1. The van der Waals surface area contributed by atoms with E-state index in [1.54, 1.807) is 0 Å². The zero-order chi connectivity index (χ0) is 23.5. The van der Waals surface area contributed by atoms with Gasteiger partial charge in [0.05, 0.1) is 17.2 Å². The van der Waals surface area contributed by atoms with Gasteiger partial charge in [-0.3, -0.25) is 19.3 Å². The van der Waals surface area contributed by atoms with Gasteiger partial charge in [-0.25, -0.2) is 8.78 Å². The quantitative estimate of drug-likeness (QED) is 0.291. The van der Waals surface area contributed by atoms with Crippen molar-refractivity contribution in [3.05, 3.63) is 51.6 Å². The van der Waals surface area contributed by atoms with E-state index in [0.29, 0.717) is 17.7 Å². The van der Waals surface area contributed by atoms with Gasteiger partial charge in [-0.15, -0.1) is 0 Å². The summed E-state index contributed by atoms with van der Waals surface area (Å²) in [5.74, 6) is -2.95. The molecule has 0 spiro atoms.